The van der Waals surface area contributed by atoms with Gasteiger partial charge in [-0.2, -0.15) is 0 Å². The fourth-order valence-electron chi connectivity index (χ4n) is 1.67. The summed E-state index contributed by atoms with van der Waals surface area (Å²) in [7, 11) is -3.01. The molecule has 1 fully saturated rings. The molecule has 2 rings (SSSR count). The second-order valence-corrected chi connectivity index (χ2v) is 6.44. The Morgan fingerprint density at radius 3 is 2.54 bits per heavy atom. The van der Waals surface area contributed by atoms with E-state index < -0.39 is 10.0 Å². The Bertz CT molecular complexity index is 304. The van der Waals surface area contributed by atoms with E-state index in [4.69, 9.17) is 0 Å². The van der Waals surface area contributed by atoms with Gasteiger partial charge in [0, 0.05) is 18.8 Å². The lowest BCUT2D eigenvalue weighted by atomic mass is 10.4. The van der Waals surface area contributed by atoms with Crippen LogP contribution in [0, 0.1) is 0 Å². The highest BCUT2D eigenvalue weighted by Gasteiger charge is 2.33. The molecule has 1 atom stereocenters. The predicted molar refractivity (Wildman–Crippen MR) is 55.1 cm³/mol. The summed E-state index contributed by atoms with van der Waals surface area (Å²) in [4.78, 5) is 0. The molecule has 0 saturated carbocycles. The highest BCUT2D eigenvalue weighted by atomic mass is 32.2. The molecule has 2 aliphatic rings. The van der Waals surface area contributed by atoms with Crippen molar-refractivity contribution < 1.29 is 8.42 Å². The van der Waals surface area contributed by atoms with Crippen molar-refractivity contribution in [3.8, 4) is 0 Å². The molecule has 2 aliphatic heterocycles. The third kappa shape index (κ3) is 1.78. The van der Waals surface area contributed by atoms with Crippen LogP contribution in [-0.2, 0) is 10.0 Å². The summed E-state index contributed by atoms with van der Waals surface area (Å²) in [6, 6.07) is 0. The minimum atomic E-state index is -3.01. The van der Waals surface area contributed by atoms with E-state index in [0.717, 1.165) is 25.9 Å². The van der Waals surface area contributed by atoms with Crippen molar-refractivity contribution in [1.29, 1.82) is 0 Å². The van der Waals surface area contributed by atoms with Crippen molar-refractivity contribution in [2.75, 3.05) is 18.8 Å². The number of rotatable bonds is 2. The maximum absolute atomic E-state index is 11.9. The molecule has 2 heterocycles. The van der Waals surface area contributed by atoms with E-state index in [1.807, 2.05) is 5.41 Å². The van der Waals surface area contributed by atoms with Gasteiger partial charge in [-0.25, -0.2) is 12.7 Å². The second kappa shape index (κ2) is 3.63. The molecule has 1 saturated heterocycles. The molecule has 5 heteroatoms. The summed E-state index contributed by atoms with van der Waals surface area (Å²) in [6.07, 6.45) is 3.84. The van der Waals surface area contributed by atoms with Crippen molar-refractivity contribution >= 4 is 21.8 Å². The van der Waals surface area contributed by atoms with Gasteiger partial charge in [0.15, 0.2) is 0 Å². The molecule has 0 bridgehead atoms. The zero-order valence-corrected chi connectivity index (χ0v) is 8.98. The predicted octanol–water partition coefficient (Wildman–Crippen LogP) is 1.04. The summed E-state index contributed by atoms with van der Waals surface area (Å²) >= 11 is 1.58. The lowest BCUT2D eigenvalue weighted by Gasteiger charge is -2.18. The van der Waals surface area contributed by atoms with Crippen LogP contribution in [0.2, 0.25) is 0 Å². The van der Waals surface area contributed by atoms with Crippen LogP contribution in [0.25, 0.3) is 0 Å². The zero-order valence-electron chi connectivity index (χ0n) is 7.35. The van der Waals surface area contributed by atoms with Crippen molar-refractivity contribution in [3.05, 3.63) is 11.5 Å². The Morgan fingerprint density at radius 2 is 2.00 bits per heavy atom. The normalized spacial score (nSPS) is 30.0. The molecule has 0 aliphatic carbocycles. The third-order valence-corrected chi connectivity index (χ3v) is 5.74. The fraction of sp³-hybridized carbons (Fsp3) is 0.750. The average molecular weight is 219 g/mol. The quantitative estimate of drug-likeness (QED) is 0.696. The number of hydrogen-bond acceptors (Lipinski definition) is 3. The lowest BCUT2D eigenvalue weighted by molar-refractivity contribution is 0.474. The van der Waals surface area contributed by atoms with Gasteiger partial charge < -0.3 is 0 Å². The summed E-state index contributed by atoms with van der Waals surface area (Å²) < 4.78 is 25.4. The maximum atomic E-state index is 11.9. The first-order valence-corrected chi connectivity index (χ1v) is 7.04. The summed E-state index contributed by atoms with van der Waals surface area (Å²) in [5.41, 5.74) is 0. The van der Waals surface area contributed by atoms with E-state index in [1.165, 1.54) is 0 Å². The van der Waals surface area contributed by atoms with E-state index in [2.05, 4.69) is 0 Å². The molecule has 0 aromatic rings. The fourth-order valence-corrected chi connectivity index (χ4v) is 4.83. The molecule has 0 amide bonds. The van der Waals surface area contributed by atoms with Gasteiger partial charge in [-0.05, 0) is 18.2 Å². The van der Waals surface area contributed by atoms with E-state index in [-0.39, 0.29) is 5.25 Å². The molecular formula is C8H13NO2S2. The van der Waals surface area contributed by atoms with Gasteiger partial charge in [0.25, 0.3) is 0 Å². The molecule has 0 aromatic carbocycles. The Morgan fingerprint density at radius 1 is 1.31 bits per heavy atom. The molecule has 74 valence electrons. The van der Waals surface area contributed by atoms with E-state index in [0.29, 0.717) is 5.75 Å². The zero-order chi connectivity index (χ0) is 9.31. The van der Waals surface area contributed by atoms with Crippen molar-refractivity contribution in [3.63, 3.8) is 0 Å². The van der Waals surface area contributed by atoms with Crippen LogP contribution in [0.15, 0.2) is 11.5 Å². The Kier molecular flexibility index (Phi) is 2.67. The lowest BCUT2D eigenvalue weighted by Crippen LogP contribution is -2.36. The van der Waals surface area contributed by atoms with E-state index in [1.54, 1.807) is 22.1 Å². The van der Waals surface area contributed by atoms with Crippen LogP contribution < -0.4 is 0 Å². The first kappa shape index (κ1) is 9.55. The summed E-state index contributed by atoms with van der Waals surface area (Å²) in [6.45, 7) is 1.44. The van der Waals surface area contributed by atoms with Gasteiger partial charge in [0.1, 0.15) is 5.25 Å². The molecule has 0 N–H and O–H groups in total. The van der Waals surface area contributed by atoms with Crippen LogP contribution in [0.1, 0.15) is 12.8 Å². The SMILES string of the molecule is O=S(=O)(C1C=CSC1)N1CCCC1. The average Bonchev–Trinajstić information content (AvgIpc) is 2.78. The Hall–Kier alpha value is -0.0000000000000000763. The minimum Gasteiger partial charge on any atom is -0.212 e. The maximum Gasteiger partial charge on any atom is 0.221 e. The monoisotopic (exact) mass is 219 g/mol. The van der Waals surface area contributed by atoms with Gasteiger partial charge in [-0.3, -0.25) is 0 Å². The number of thioether (sulfide) groups is 1. The first-order chi connectivity index (χ1) is 6.21. The van der Waals surface area contributed by atoms with Crippen molar-refractivity contribution in [1.82, 2.24) is 4.31 Å². The topological polar surface area (TPSA) is 37.4 Å². The van der Waals surface area contributed by atoms with Crippen LogP contribution >= 0.6 is 11.8 Å². The second-order valence-electron chi connectivity index (χ2n) is 3.35. The van der Waals surface area contributed by atoms with Crippen LogP contribution in [0.3, 0.4) is 0 Å². The molecule has 1 unspecified atom stereocenters. The third-order valence-electron chi connectivity index (χ3n) is 2.46. The highest BCUT2D eigenvalue weighted by Crippen LogP contribution is 2.25. The van der Waals surface area contributed by atoms with Gasteiger partial charge in [-0.15, -0.1) is 11.8 Å². The smallest absolute Gasteiger partial charge is 0.212 e. The van der Waals surface area contributed by atoms with Crippen molar-refractivity contribution in [2.45, 2.75) is 18.1 Å². The molecular weight excluding hydrogens is 206 g/mol. The number of nitrogens with zero attached hydrogens (tertiary/aromatic N) is 1. The van der Waals surface area contributed by atoms with Crippen LogP contribution in [0.4, 0.5) is 0 Å². The van der Waals surface area contributed by atoms with Gasteiger partial charge in [0.05, 0.1) is 0 Å². The number of hydrogen-bond donors (Lipinski definition) is 0. The van der Waals surface area contributed by atoms with E-state index >= 15 is 0 Å². The Labute approximate surface area is 83.2 Å². The molecule has 0 spiro atoms. The van der Waals surface area contributed by atoms with Crippen LogP contribution in [-0.4, -0.2) is 36.8 Å². The Balaban J connectivity index is 2.14. The van der Waals surface area contributed by atoms with Gasteiger partial charge in [0.2, 0.25) is 10.0 Å². The molecule has 13 heavy (non-hydrogen) atoms. The summed E-state index contributed by atoms with van der Waals surface area (Å²) in [5, 5.41) is 1.62. The molecule has 3 nitrogen and oxygen atoms in total. The standard InChI is InChI=1S/C8H13NO2S2/c10-13(11,8-3-6-12-7-8)9-4-1-2-5-9/h3,6,8H,1-2,4-5,7H2. The van der Waals surface area contributed by atoms with Crippen molar-refractivity contribution in [2.24, 2.45) is 0 Å². The largest absolute Gasteiger partial charge is 0.221 e. The molecule has 0 aromatic heterocycles. The molecule has 0 radical (unpaired) electrons. The first-order valence-electron chi connectivity index (χ1n) is 4.48. The van der Waals surface area contributed by atoms with Crippen LogP contribution in [0.5, 0.6) is 0 Å². The van der Waals surface area contributed by atoms with E-state index in [9.17, 15) is 8.42 Å². The van der Waals surface area contributed by atoms with Gasteiger partial charge in [-0.1, -0.05) is 6.08 Å². The highest BCUT2D eigenvalue weighted by molar-refractivity contribution is 8.03. The summed E-state index contributed by atoms with van der Waals surface area (Å²) in [5.74, 6) is 0.693. The number of sulfonamides is 1. The van der Waals surface area contributed by atoms with Gasteiger partial charge >= 0.3 is 0 Å². The minimum absolute atomic E-state index is 0.268.